The van der Waals surface area contributed by atoms with E-state index in [4.69, 9.17) is 13.3 Å². The first-order chi connectivity index (χ1) is 11.2. The molecule has 5 nitrogen and oxygen atoms in total. The minimum absolute atomic E-state index is 0.331. The van der Waals surface area contributed by atoms with Crippen molar-refractivity contribution in [1.82, 2.24) is 5.32 Å². The highest BCUT2D eigenvalue weighted by Gasteiger charge is 2.36. The van der Waals surface area contributed by atoms with Gasteiger partial charge in [0.1, 0.15) is 0 Å². The van der Waals surface area contributed by atoms with Gasteiger partial charge in [0, 0.05) is 33.4 Å². The standard InChI is InChI=1S/C17H30N2O3Si/c1-5-18-15-17(14-16-10-7-6-8-11-16)19-12-9-13-23(20-2,21-3)22-4/h5-8,10-11,17,19H,9,12-15H2,1-4H3. The molecule has 0 heterocycles. The third kappa shape index (κ3) is 7.37. The van der Waals surface area contributed by atoms with Crippen LogP contribution >= 0.6 is 0 Å². The fraction of sp³-hybridized carbons (Fsp3) is 0.588. The van der Waals surface area contributed by atoms with E-state index in [1.807, 2.05) is 19.2 Å². The molecule has 0 amide bonds. The summed E-state index contributed by atoms with van der Waals surface area (Å²) in [6.07, 6.45) is 3.78. The normalized spacial score (nSPS) is 13.6. The first kappa shape index (κ1) is 20.0. The van der Waals surface area contributed by atoms with Crippen LogP contribution in [0.3, 0.4) is 0 Å². The molecule has 0 bridgehead atoms. The Kier molecular flexibility index (Phi) is 9.98. The first-order valence-electron chi connectivity index (χ1n) is 8.07. The summed E-state index contributed by atoms with van der Waals surface area (Å²) in [7, 11) is 2.50. The smallest absolute Gasteiger partial charge is 0.377 e. The van der Waals surface area contributed by atoms with E-state index in [1.165, 1.54) is 5.56 Å². The highest BCUT2D eigenvalue weighted by molar-refractivity contribution is 6.60. The predicted octanol–water partition coefficient (Wildman–Crippen LogP) is 2.55. The van der Waals surface area contributed by atoms with Crippen LogP contribution in [-0.2, 0) is 19.7 Å². The van der Waals surface area contributed by atoms with Gasteiger partial charge in [-0.25, -0.2) is 0 Å². The number of aliphatic imine (C=N–C) groups is 1. The SMILES string of the molecule is CC=NCC(Cc1ccccc1)NCCC[Si](OC)(OC)OC. The molecule has 0 aromatic heterocycles. The Labute approximate surface area is 141 Å². The number of benzene rings is 1. The maximum atomic E-state index is 5.45. The van der Waals surface area contributed by atoms with E-state index in [0.717, 1.165) is 32.0 Å². The monoisotopic (exact) mass is 338 g/mol. The van der Waals surface area contributed by atoms with Crippen LogP contribution in [0.15, 0.2) is 35.3 Å². The van der Waals surface area contributed by atoms with Crippen LogP contribution in [0.25, 0.3) is 0 Å². The minimum Gasteiger partial charge on any atom is -0.377 e. The van der Waals surface area contributed by atoms with Crippen molar-refractivity contribution < 1.29 is 13.3 Å². The van der Waals surface area contributed by atoms with Crippen LogP contribution in [0.5, 0.6) is 0 Å². The lowest BCUT2D eigenvalue weighted by atomic mass is 10.1. The Balaban J connectivity index is 2.45. The van der Waals surface area contributed by atoms with E-state index in [0.29, 0.717) is 6.04 Å². The van der Waals surface area contributed by atoms with E-state index in [2.05, 4.69) is 34.6 Å². The second kappa shape index (κ2) is 11.5. The van der Waals surface area contributed by atoms with Crippen LogP contribution in [0.1, 0.15) is 18.9 Å². The van der Waals surface area contributed by atoms with Crippen LogP contribution < -0.4 is 5.32 Å². The Morgan fingerprint density at radius 2 is 1.78 bits per heavy atom. The number of hydrogen-bond donors (Lipinski definition) is 1. The summed E-state index contributed by atoms with van der Waals surface area (Å²) >= 11 is 0. The summed E-state index contributed by atoms with van der Waals surface area (Å²) in [6, 6.07) is 11.6. The molecule has 1 aromatic carbocycles. The van der Waals surface area contributed by atoms with Gasteiger partial charge in [-0.2, -0.15) is 0 Å². The minimum atomic E-state index is -2.46. The van der Waals surface area contributed by atoms with Crippen molar-refractivity contribution in [3.05, 3.63) is 35.9 Å². The van der Waals surface area contributed by atoms with E-state index in [9.17, 15) is 0 Å². The fourth-order valence-corrected chi connectivity index (χ4v) is 4.22. The van der Waals surface area contributed by atoms with Gasteiger partial charge in [-0.3, -0.25) is 4.99 Å². The lowest BCUT2D eigenvalue weighted by Gasteiger charge is -2.25. The largest absolute Gasteiger partial charge is 0.500 e. The zero-order valence-electron chi connectivity index (χ0n) is 14.7. The second-order valence-corrected chi connectivity index (χ2v) is 8.45. The molecule has 1 rings (SSSR count). The lowest BCUT2D eigenvalue weighted by molar-refractivity contribution is 0.123. The van der Waals surface area contributed by atoms with Crippen LogP contribution in [0.4, 0.5) is 0 Å². The lowest BCUT2D eigenvalue weighted by Crippen LogP contribution is -2.43. The van der Waals surface area contributed by atoms with Gasteiger partial charge in [-0.15, -0.1) is 0 Å². The van der Waals surface area contributed by atoms with Crippen molar-refractivity contribution in [3.8, 4) is 0 Å². The quantitative estimate of drug-likeness (QED) is 0.361. The summed E-state index contributed by atoms with van der Waals surface area (Å²) in [4.78, 5) is 4.39. The average molecular weight is 339 g/mol. The highest BCUT2D eigenvalue weighted by Crippen LogP contribution is 2.14. The molecule has 1 atom stereocenters. The van der Waals surface area contributed by atoms with Gasteiger partial charge in [0.2, 0.25) is 0 Å². The number of hydrogen-bond acceptors (Lipinski definition) is 5. The maximum absolute atomic E-state index is 5.45. The molecule has 0 aliphatic heterocycles. The van der Waals surface area contributed by atoms with Crippen LogP contribution in [-0.4, -0.2) is 55.5 Å². The summed E-state index contributed by atoms with van der Waals surface area (Å²) in [6.45, 7) is 3.63. The van der Waals surface area contributed by atoms with Crippen LogP contribution in [0, 0.1) is 0 Å². The molecular formula is C17H30N2O3Si. The van der Waals surface area contributed by atoms with E-state index >= 15 is 0 Å². The molecule has 1 unspecified atom stereocenters. The molecule has 6 heteroatoms. The van der Waals surface area contributed by atoms with Gasteiger partial charge in [-0.05, 0) is 38.1 Å². The summed E-state index contributed by atoms with van der Waals surface area (Å²) in [5, 5.41) is 3.59. The second-order valence-electron chi connectivity index (χ2n) is 5.36. The molecule has 1 N–H and O–H groups in total. The van der Waals surface area contributed by atoms with Crippen molar-refractivity contribution >= 4 is 15.0 Å². The molecule has 0 aliphatic carbocycles. The number of rotatable bonds is 12. The molecule has 0 fully saturated rings. The molecule has 0 saturated heterocycles. The molecule has 1 aromatic rings. The maximum Gasteiger partial charge on any atom is 0.500 e. The van der Waals surface area contributed by atoms with Crippen molar-refractivity contribution in [2.24, 2.45) is 4.99 Å². The van der Waals surface area contributed by atoms with E-state index < -0.39 is 8.80 Å². The zero-order chi connectivity index (χ0) is 17.0. The summed E-state index contributed by atoms with van der Waals surface area (Å²) in [5.74, 6) is 0. The first-order valence-corrected chi connectivity index (χ1v) is 10.00. The summed E-state index contributed by atoms with van der Waals surface area (Å²) in [5.41, 5.74) is 1.32. The third-order valence-electron chi connectivity index (χ3n) is 3.86. The fourth-order valence-electron chi connectivity index (χ4n) is 2.50. The van der Waals surface area contributed by atoms with Gasteiger partial charge >= 0.3 is 8.80 Å². The van der Waals surface area contributed by atoms with Gasteiger partial charge in [0.25, 0.3) is 0 Å². The molecule has 0 radical (unpaired) electrons. The number of nitrogens with one attached hydrogen (secondary N) is 1. The van der Waals surface area contributed by atoms with Crippen molar-refractivity contribution in [2.75, 3.05) is 34.4 Å². The molecule has 0 aliphatic rings. The average Bonchev–Trinajstić information content (AvgIpc) is 2.61. The zero-order valence-corrected chi connectivity index (χ0v) is 15.7. The predicted molar refractivity (Wildman–Crippen MR) is 97.2 cm³/mol. The molecule has 23 heavy (non-hydrogen) atoms. The Morgan fingerprint density at radius 3 is 2.35 bits per heavy atom. The number of nitrogens with zero attached hydrogens (tertiary/aromatic N) is 1. The molecule has 0 spiro atoms. The van der Waals surface area contributed by atoms with E-state index in [-0.39, 0.29) is 0 Å². The van der Waals surface area contributed by atoms with Gasteiger partial charge in [-0.1, -0.05) is 30.3 Å². The Morgan fingerprint density at radius 1 is 1.13 bits per heavy atom. The van der Waals surface area contributed by atoms with Crippen molar-refractivity contribution in [2.45, 2.75) is 31.9 Å². The van der Waals surface area contributed by atoms with Crippen molar-refractivity contribution in [3.63, 3.8) is 0 Å². The van der Waals surface area contributed by atoms with E-state index in [1.54, 1.807) is 21.3 Å². The van der Waals surface area contributed by atoms with Gasteiger partial charge in [0.05, 0.1) is 6.54 Å². The van der Waals surface area contributed by atoms with Gasteiger partial charge < -0.3 is 18.6 Å². The van der Waals surface area contributed by atoms with Gasteiger partial charge in [0.15, 0.2) is 0 Å². The molecule has 0 saturated carbocycles. The van der Waals surface area contributed by atoms with Crippen LogP contribution in [0.2, 0.25) is 6.04 Å². The van der Waals surface area contributed by atoms with Crippen molar-refractivity contribution in [1.29, 1.82) is 0 Å². The summed E-state index contributed by atoms with van der Waals surface area (Å²) < 4.78 is 16.3. The molecule has 130 valence electrons. The highest BCUT2D eigenvalue weighted by atomic mass is 28.4. The topological polar surface area (TPSA) is 52.1 Å². The Bertz CT molecular complexity index is 430. The third-order valence-corrected chi connectivity index (χ3v) is 6.69. The molecular weight excluding hydrogens is 308 g/mol. The Hall–Kier alpha value is -1.05.